The zero-order valence-corrected chi connectivity index (χ0v) is 15.4. The largest absolute Gasteiger partial charge is 0.337 e. The van der Waals surface area contributed by atoms with E-state index in [0.717, 1.165) is 17.7 Å². The summed E-state index contributed by atoms with van der Waals surface area (Å²) < 4.78 is 5.15. The first-order chi connectivity index (χ1) is 12.0. The summed E-state index contributed by atoms with van der Waals surface area (Å²) in [5, 5.41) is 6.64. The summed E-state index contributed by atoms with van der Waals surface area (Å²) in [6.45, 7) is 3.78. The summed E-state index contributed by atoms with van der Waals surface area (Å²) in [6.07, 6.45) is 1.70. The lowest BCUT2D eigenvalue weighted by molar-refractivity contribution is -0.127. The predicted molar refractivity (Wildman–Crippen MR) is 96.2 cm³/mol. The number of hydrogen-bond acceptors (Lipinski definition) is 6. The topological polar surface area (TPSA) is 88.3 Å². The maximum Gasteiger partial charge on any atom is 0.246 e. The molecule has 1 heterocycles. The average Bonchev–Trinajstić information content (AvgIpc) is 3.00. The number of benzene rings is 1. The van der Waals surface area contributed by atoms with Crippen molar-refractivity contribution in [2.45, 2.75) is 38.1 Å². The molecule has 0 bridgehead atoms. The Morgan fingerprint density at radius 1 is 1.32 bits per heavy atom. The SMILES string of the molecule is CCCc1noc(CN(C)C(=O)CSc2ccccc2NC(C)=O)n1. The molecule has 1 aromatic heterocycles. The van der Waals surface area contributed by atoms with Crippen molar-refractivity contribution in [3.8, 4) is 0 Å². The number of aryl methyl sites for hydroxylation is 1. The molecule has 0 saturated carbocycles. The van der Waals surface area contributed by atoms with Gasteiger partial charge in [-0.1, -0.05) is 24.2 Å². The number of hydrogen-bond donors (Lipinski definition) is 1. The van der Waals surface area contributed by atoms with Crippen LogP contribution in [0, 0.1) is 0 Å². The molecule has 0 aliphatic heterocycles. The van der Waals surface area contributed by atoms with Gasteiger partial charge >= 0.3 is 0 Å². The number of thioether (sulfide) groups is 1. The molecule has 0 atom stereocenters. The van der Waals surface area contributed by atoms with E-state index in [1.165, 1.54) is 18.7 Å². The van der Waals surface area contributed by atoms with Crippen molar-refractivity contribution in [3.63, 3.8) is 0 Å². The Kier molecular flexibility index (Phi) is 7.00. The van der Waals surface area contributed by atoms with Crippen LogP contribution in [0.4, 0.5) is 5.69 Å². The third kappa shape index (κ3) is 5.90. The van der Waals surface area contributed by atoms with E-state index in [-0.39, 0.29) is 24.1 Å². The van der Waals surface area contributed by atoms with E-state index in [4.69, 9.17) is 4.52 Å². The molecule has 0 spiro atoms. The van der Waals surface area contributed by atoms with E-state index < -0.39 is 0 Å². The van der Waals surface area contributed by atoms with Crippen LogP contribution in [0.15, 0.2) is 33.7 Å². The lowest BCUT2D eigenvalue weighted by atomic mass is 10.3. The summed E-state index contributed by atoms with van der Waals surface area (Å²) >= 11 is 1.38. The molecule has 0 radical (unpaired) electrons. The van der Waals surface area contributed by atoms with Crippen LogP contribution in [0.1, 0.15) is 32.0 Å². The second-order valence-electron chi connectivity index (χ2n) is 5.57. The minimum Gasteiger partial charge on any atom is -0.337 e. The van der Waals surface area contributed by atoms with Crippen LogP contribution in [0.5, 0.6) is 0 Å². The second kappa shape index (κ2) is 9.22. The Balaban J connectivity index is 1.90. The summed E-state index contributed by atoms with van der Waals surface area (Å²) in [5.41, 5.74) is 0.705. The van der Waals surface area contributed by atoms with Crippen molar-refractivity contribution in [1.29, 1.82) is 0 Å². The lowest BCUT2D eigenvalue weighted by Gasteiger charge is -2.15. The minimum atomic E-state index is -0.143. The van der Waals surface area contributed by atoms with Crippen molar-refractivity contribution in [3.05, 3.63) is 36.0 Å². The van der Waals surface area contributed by atoms with Crippen LogP contribution in [-0.2, 0) is 22.6 Å². The molecule has 1 N–H and O–H groups in total. The molecule has 134 valence electrons. The Hall–Kier alpha value is -2.35. The van der Waals surface area contributed by atoms with Gasteiger partial charge in [0.05, 0.1) is 18.0 Å². The fraction of sp³-hybridized carbons (Fsp3) is 0.412. The molecule has 2 rings (SSSR count). The molecule has 1 aromatic carbocycles. The summed E-state index contributed by atoms with van der Waals surface area (Å²) in [5.74, 6) is 1.15. The van der Waals surface area contributed by atoms with E-state index in [0.29, 0.717) is 17.4 Å². The molecule has 0 aliphatic carbocycles. The quantitative estimate of drug-likeness (QED) is 0.727. The molecule has 7 nitrogen and oxygen atoms in total. The van der Waals surface area contributed by atoms with Gasteiger partial charge in [-0.25, -0.2) is 0 Å². The maximum absolute atomic E-state index is 12.3. The molecule has 2 amide bonds. The van der Waals surface area contributed by atoms with Gasteiger partial charge in [0.1, 0.15) is 0 Å². The monoisotopic (exact) mass is 362 g/mol. The van der Waals surface area contributed by atoms with Gasteiger partial charge < -0.3 is 14.7 Å². The zero-order chi connectivity index (χ0) is 18.2. The van der Waals surface area contributed by atoms with Gasteiger partial charge in [-0.2, -0.15) is 4.98 Å². The van der Waals surface area contributed by atoms with Crippen LogP contribution < -0.4 is 5.32 Å². The third-order valence-electron chi connectivity index (χ3n) is 3.33. The average molecular weight is 362 g/mol. The van der Waals surface area contributed by atoms with Gasteiger partial charge in [-0.3, -0.25) is 9.59 Å². The van der Waals surface area contributed by atoms with E-state index in [9.17, 15) is 9.59 Å². The highest BCUT2D eigenvalue weighted by molar-refractivity contribution is 8.00. The molecular formula is C17H22N4O3S. The molecule has 25 heavy (non-hydrogen) atoms. The normalized spacial score (nSPS) is 10.5. The first-order valence-corrected chi connectivity index (χ1v) is 9.03. The highest BCUT2D eigenvalue weighted by atomic mass is 32.2. The highest BCUT2D eigenvalue weighted by Crippen LogP contribution is 2.27. The number of para-hydroxylation sites is 1. The summed E-state index contributed by atoms with van der Waals surface area (Å²) in [4.78, 5) is 30.2. The molecule has 2 aromatic rings. The fourth-order valence-electron chi connectivity index (χ4n) is 2.11. The van der Waals surface area contributed by atoms with E-state index >= 15 is 0 Å². The van der Waals surface area contributed by atoms with Gasteiger partial charge in [-0.15, -0.1) is 11.8 Å². The van der Waals surface area contributed by atoms with Crippen molar-refractivity contribution in [1.82, 2.24) is 15.0 Å². The number of nitrogens with zero attached hydrogens (tertiary/aromatic N) is 3. The van der Waals surface area contributed by atoms with Crippen molar-refractivity contribution < 1.29 is 14.1 Å². The molecule has 0 saturated heterocycles. The van der Waals surface area contributed by atoms with Crippen molar-refractivity contribution in [2.24, 2.45) is 0 Å². The molecule has 0 fully saturated rings. The Labute approximate surface area is 151 Å². The fourth-order valence-corrected chi connectivity index (χ4v) is 3.05. The number of anilines is 1. The van der Waals surface area contributed by atoms with Crippen LogP contribution in [0.3, 0.4) is 0 Å². The van der Waals surface area contributed by atoms with Gasteiger partial charge in [0.15, 0.2) is 5.82 Å². The van der Waals surface area contributed by atoms with E-state index in [1.54, 1.807) is 11.9 Å². The Bertz CT molecular complexity index is 732. The summed E-state index contributed by atoms with van der Waals surface area (Å²) in [7, 11) is 1.70. The smallest absolute Gasteiger partial charge is 0.246 e. The van der Waals surface area contributed by atoms with Crippen molar-refractivity contribution >= 4 is 29.3 Å². The van der Waals surface area contributed by atoms with Gasteiger partial charge in [-0.05, 0) is 18.6 Å². The van der Waals surface area contributed by atoms with Gasteiger partial charge in [0, 0.05) is 25.3 Å². The van der Waals surface area contributed by atoms with Gasteiger partial charge in [0.2, 0.25) is 17.7 Å². The second-order valence-corrected chi connectivity index (χ2v) is 6.59. The Morgan fingerprint density at radius 3 is 2.80 bits per heavy atom. The number of amides is 2. The van der Waals surface area contributed by atoms with Gasteiger partial charge in [0.25, 0.3) is 0 Å². The third-order valence-corrected chi connectivity index (χ3v) is 4.39. The van der Waals surface area contributed by atoms with Crippen molar-refractivity contribution in [2.75, 3.05) is 18.1 Å². The minimum absolute atomic E-state index is 0.0575. The van der Waals surface area contributed by atoms with E-state index in [2.05, 4.69) is 15.5 Å². The number of carbonyl (C=O) groups excluding carboxylic acids is 2. The molecular weight excluding hydrogens is 340 g/mol. The standard InChI is InChI=1S/C17H22N4O3S/c1-4-7-15-19-16(24-20-15)10-21(3)17(23)11-25-14-9-6-5-8-13(14)18-12(2)22/h5-6,8-9H,4,7,10-11H2,1-3H3,(H,18,22). The van der Waals surface area contributed by atoms with Crippen LogP contribution in [-0.4, -0.2) is 39.7 Å². The zero-order valence-electron chi connectivity index (χ0n) is 14.6. The molecule has 0 aliphatic rings. The van der Waals surface area contributed by atoms with E-state index in [1.807, 2.05) is 31.2 Å². The number of rotatable bonds is 8. The molecule has 0 unspecified atom stereocenters. The first kappa shape index (κ1) is 19.0. The first-order valence-electron chi connectivity index (χ1n) is 8.04. The maximum atomic E-state index is 12.3. The number of nitrogens with one attached hydrogen (secondary N) is 1. The molecule has 8 heteroatoms. The number of carbonyl (C=O) groups is 2. The number of aromatic nitrogens is 2. The van der Waals surface area contributed by atoms with Crippen LogP contribution in [0.25, 0.3) is 0 Å². The summed E-state index contributed by atoms with van der Waals surface area (Å²) in [6, 6.07) is 7.39. The predicted octanol–water partition coefficient (Wildman–Crippen LogP) is 2.73. The lowest BCUT2D eigenvalue weighted by Crippen LogP contribution is -2.28. The van der Waals surface area contributed by atoms with Crippen LogP contribution in [0.2, 0.25) is 0 Å². The van der Waals surface area contributed by atoms with Crippen LogP contribution >= 0.6 is 11.8 Å². The Morgan fingerprint density at radius 2 is 2.08 bits per heavy atom. The highest BCUT2D eigenvalue weighted by Gasteiger charge is 2.15.